The monoisotopic (exact) mass is 263 g/mol. The third-order valence-corrected chi connectivity index (χ3v) is 4.84. The van der Waals surface area contributed by atoms with Crippen molar-refractivity contribution in [3.8, 4) is 0 Å². The fourth-order valence-corrected chi connectivity index (χ4v) is 4.05. The molecule has 2 nitrogen and oxygen atoms in total. The van der Waals surface area contributed by atoms with E-state index < -0.39 is 5.72 Å². The molecule has 0 aromatic carbocycles. The van der Waals surface area contributed by atoms with Crippen LogP contribution in [0.1, 0.15) is 52.4 Å². The summed E-state index contributed by atoms with van der Waals surface area (Å²) in [5, 5.41) is 11.2. The van der Waals surface area contributed by atoms with E-state index in [0.717, 1.165) is 19.3 Å². The van der Waals surface area contributed by atoms with Crippen molar-refractivity contribution in [2.24, 2.45) is 4.99 Å². The molecule has 14 heavy (non-hydrogen) atoms. The first-order valence-corrected chi connectivity index (χ1v) is 7.71. The van der Waals surface area contributed by atoms with Crippen LogP contribution in [0.3, 0.4) is 0 Å². The van der Waals surface area contributed by atoms with Crippen LogP contribution >= 0.6 is 0 Å². The van der Waals surface area contributed by atoms with Gasteiger partial charge in [0.15, 0.2) is 0 Å². The average Bonchev–Trinajstić information content (AvgIpc) is 2.19. The molecular weight excluding hydrogens is 241 g/mol. The van der Waals surface area contributed by atoms with Crippen LogP contribution in [-0.2, 0) is 0 Å². The summed E-state index contributed by atoms with van der Waals surface area (Å²) < 4.78 is 1.31. The van der Waals surface area contributed by atoms with Crippen LogP contribution in [0.4, 0.5) is 0 Å². The Kier molecular flexibility index (Phi) is 5.14. The Morgan fingerprint density at radius 3 is 2.86 bits per heavy atom. The Labute approximate surface area is 93.4 Å². The van der Waals surface area contributed by atoms with E-state index in [1.165, 1.54) is 29.2 Å². The van der Waals surface area contributed by atoms with Gasteiger partial charge in [0.2, 0.25) is 0 Å². The summed E-state index contributed by atoms with van der Waals surface area (Å²) in [5.41, 5.74) is -0.707. The van der Waals surface area contributed by atoms with Crippen molar-refractivity contribution < 1.29 is 5.11 Å². The van der Waals surface area contributed by atoms with Gasteiger partial charge < -0.3 is 0 Å². The zero-order chi connectivity index (χ0) is 10.4. The Bertz CT molecular complexity index is 205. The molecule has 0 amide bonds. The molecule has 1 aliphatic rings. The molecule has 82 valence electrons. The van der Waals surface area contributed by atoms with Gasteiger partial charge in [-0.1, -0.05) is 0 Å². The van der Waals surface area contributed by atoms with E-state index in [1.807, 2.05) is 6.92 Å². The van der Waals surface area contributed by atoms with Gasteiger partial charge >= 0.3 is 93.1 Å². The van der Waals surface area contributed by atoms with Crippen LogP contribution in [0, 0.1) is 0 Å². The van der Waals surface area contributed by atoms with E-state index in [4.69, 9.17) is 0 Å². The second-order valence-corrected chi connectivity index (χ2v) is 6.35. The summed E-state index contributed by atoms with van der Waals surface area (Å²) in [6.45, 7) is 4.24. The molecule has 0 saturated carbocycles. The Morgan fingerprint density at radius 1 is 1.43 bits per heavy atom. The maximum atomic E-state index is 10.0. The molecule has 3 heteroatoms. The van der Waals surface area contributed by atoms with Gasteiger partial charge in [0, 0.05) is 0 Å². The van der Waals surface area contributed by atoms with Crippen molar-refractivity contribution in [2.75, 3.05) is 0 Å². The first-order valence-electron chi connectivity index (χ1n) is 5.64. The van der Waals surface area contributed by atoms with Crippen LogP contribution in [0.2, 0.25) is 5.32 Å². The van der Waals surface area contributed by atoms with E-state index in [-0.39, 0.29) is 0 Å². The molecule has 1 unspecified atom stereocenters. The Hall–Kier alpha value is 0.149. The molecule has 1 aliphatic heterocycles. The van der Waals surface area contributed by atoms with Gasteiger partial charge in [-0.2, -0.15) is 0 Å². The van der Waals surface area contributed by atoms with Gasteiger partial charge in [0.1, 0.15) is 0 Å². The molecule has 0 fully saturated rings. The number of aliphatic hydroxyl groups is 1. The summed E-state index contributed by atoms with van der Waals surface area (Å²) in [5.74, 6) is 0. The third-order valence-electron chi connectivity index (χ3n) is 2.66. The minimum absolute atomic E-state index is 0.565. The van der Waals surface area contributed by atoms with Crippen molar-refractivity contribution in [1.29, 1.82) is 0 Å². The molecule has 1 rings (SSSR count). The molecule has 1 atom stereocenters. The van der Waals surface area contributed by atoms with Gasteiger partial charge in [-0.25, -0.2) is 0 Å². The molecule has 1 N–H and O–H groups in total. The second-order valence-electron chi connectivity index (χ2n) is 3.90. The summed E-state index contributed by atoms with van der Waals surface area (Å²) in [4.78, 5) is 4.50. The third kappa shape index (κ3) is 3.72. The zero-order valence-electron chi connectivity index (χ0n) is 9.25. The van der Waals surface area contributed by atoms with Crippen LogP contribution < -0.4 is 0 Å². The fraction of sp³-hybridized carbons (Fsp3) is 0.909. The quantitative estimate of drug-likeness (QED) is 0.599. The van der Waals surface area contributed by atoms with Crippen LogP contribution in [0.25, 0.3) is 0 Å². The van der Waals surface area contributed by atoms with Crippen molar-refractivity contribution in [3.05, 3.63) is 0 Å². The number of hydrogen-bond acceptors (Lipinski definition) is 2. The summed E-state index contributed by atoms with van der Waals surface area (Å²) >= 11 is 0.565. The predicted octanol–water partition coefficient (Wildman–Crippen LogP) is 2.59. The van der Waals surface area contributed by atoms with Gasteiger partial charge in [0.25, 0.3) is 0 Å². The maximum absolute atomic E-state index is 10.0. The van der Waals surface area contributed by atoms with E-state index in [0.29, 0.717) is 15.0 Å². The van der Waals surface area contributed by atoms with E-state index in [9.17, 15) is 5.11 Å². The normalized spacial score (nSPS) is 27.5. The van der Waals surface area contributed by atoms with Crippen LogP contribution in [0.5, 0.6) is 0 Å². The molecular formula is C11H21NOSe. The van der Waals surface area contributed by atoms with E-state index in [1.54, 1.807) is 0 Å². The molecule has 0 radical (unpaired) electrons. The van der Waals surface area contributed by atoms with E-state index in [2.05, 4.69) is 11.9 Å². The second kappa shape index (κ2) is 5.89. The number of unbranched alkanes of at least 4 members (excludes halogenated alkanes) is 2. The topological polar surface area (TPSA) is 32.6 Å². The van der Waals surface area contributed by atoms with Gasteiger partial charge in [-0.3, -0.25) is 0 Å². The SMILES string of the molecule is CCCCCC1=NC(O)(CC)CC[Se]1. The first kappa shape index (κ1) is 12.2. The van der Waals surface area contributed by atoms with Crippen LogP contribution in [0.15, 0.2) is 4.99 Å². The number of hydrogen-bond donors (Lipinski definition) is 1. The zero-order valence-corrected chi connectivity index (χ0v) is 11.0. The first-order chi connectivity index (χ1) is 6.70. The molecule has 0 bridgehead atoms. The van der Waals surface area contributed by atoms with Crippen molar-refractivity contribution >= 4 is 19.6 Å². The van der Waals surface area contributed by atoms with Crippen molar-refractivity contribution in [3.63, 3.8) is 0 Å². The molecule has 0 aromatic heterocycles. The van der Waals surface area contributed by atoms with Crippen molar-refractivity contribution in [1.82, 2.24) is 0 Å². The molecule has 0 saturated heterocycles. The molecule has 1 heterocycles. The minimum atomic E-state index is -0.707. The van der Waals surface area contributed by atoms with Gasteiger partial charge in [-0.05, 0) is 0 Å². The average molecular weight is 262 g/mol. The van der Waals surface area contributed by atoms with E-state index >= 15 is 0 Å². The molecule has 0 aliphatic carbocycles. The fourth-order valence-electron chi connectivity index (χ4n) is 1.56. The molecule has 0 spiro atoms. The summed E-state index contributed by atoms with van der Waals surface area (Å²) in [6, 6.07) is 0. The number of nitrogens with zero attached hydrogens (tertiary/aromatic N) is 1. The molecule has 0 aromatic rings. The van der Waals surface area contributed by atoms with Crippen molar-refractivity contribution in [2.45, 2.75) is 63.4 Å². The Morgan fingerprint density at radius 2 is 2.21 bits per heavy atom. The summed E-state index contributed by atoms with van der Waals surface area (Å²) in [7, 11) is 0. The summed E-state index contributed by atoms with van der Waals surface area (Å²) in [6.07, 6.45) is 6.56. The number of aliphatic imine (C=N–C) groups is 1. The standard InChI is InChI=1S/C11H21NOSe/c1-3-5-6-7-10-12-11(13,4-2)8-9-14-10/h13H,3-9H2,1-2H3. The van der Waals surface area contributed by atoms with Gasteiger partial charge in [0.05, 0.1) is 0 Å². The Balaban J connectivity index is 2.43. The number of rotatable bonds is 5. The predicted molar refractivity (Wildman–Crippen MR) is 62.0 cm³/mol. The van der Waals surface area contributed by atoms with Crippen LogP contribution in [-0.4, -0.2) is 30.4 Å². The van der Waals surface area contributed by atoms with Gasteiger partial charge in [-0.15, -0.1) is 0 Å².